The summed E-state index contributed by atoms with van der Waals surface area (Å²) in [7, 11) is 0. The Morgan fingerprint density at radius 2 is 1.59 bits per heavy atom. The molecule has 0 unspecified atom stereocenters. The molecule has 0 saturated carbocycles. The van der Waals surface area contributed by atoms with Crippen molar-refractivity contribution in [3.05, 3.63) is 35.4 Å². The van der Waals surface area contributed by atoms with Gasteiger partial charge in [-0.2, -0.15) is 0 Å². The molecule has 0 aromatic heterocycles. The van der Waals surface area contributed by atoms with Gasteiger partial charge in [0.2, 0.25) is 0 Å². The molecule has 1 N–H and O–H groups in total. The highest BCUT2D eigenvalue weighted by Gasteiger charge is 2.11. The molecule has 1 rings (SSSR count). The van der Waals surface area contributed by atoms with Crippen LogP contribution in [0.15, 0.2) is 24.3 Å². The van der Waals surface area contributed by atoms with Crippen LogP contribution in [0, 0.1) is 5.92 Å². The highest BCUT2D eigenvalue weighted by atomic mass is 16.4. The second-order valence-electron chi connectivity index (χ2n) is 6.16. The quantitative estimate of drug-likeness (QED) is 0.721. The summed E-state index contributed by atoms with van der Waals surface area (Å²) in [5.74, 6) is -0.248. The molecule has 1 aromatic carbocycles. The Morgan fingerprint density at radius 1 is 1.05 bits per heavy atom. The molecule has 124 valence electrons. The smallest absolute Gasteiger partial charge is 0.335 e. The van der Waals surface area contributed by atoms with E-state index in [0.29, 0.717) is 11.5 Å². The van der Waals surface area contributed by atoms with Gasteiger partial charge in [-0.3, -0.25) is 4.90 Å². The second kappa shape index (κ2) is 9.59. The molecule has 4 heteroatoms. The number of rotatable bonds is 10. The van der Waals surface area contributed by atoms with Crippen LogP contribution >= 0.6 is 0 Å². The fraction of sp³-hybridized carbons (Fsp3) is 0.611. The van der Waals surface area contributed by atoms with E-state index in [-0.39, 0.29) is 0 Å². The first-order valence-electron chi connectivity index (χ1n) is 8.23. The van der Waals surface area contributed by atoms with E-state index in [2.05, 4.69) is 37.5 Å². The van der Waals surface area contributed by atoms with Gasteiger partial charge in [-0.15, -0.1) is 0 Å². The van der Waals surface area contributed by atoms with Crippen LogP contribution in [0.1, 0.15) is 43.6 Å². The SMILES string of the molecule is CCN(CC)CCN(Cc1ccc(C(=O)O)cc1)CC(C)C. The van der Waals surface area contributed by atoms with Crippen molar-refractivity contribution in [2.45, 2.75) is 34.2 Å². The minimum absolute atomic E-state index is 0.349. The van der Waals surface area contributed by atoms with Crippen LogP contribution in [0.5, 0.6) is 0 Å². The van der Waals surface area contributed by atoms with E-state index in [1.807, 2.05) is 12.1 Å². The summed E-state index contributed by atoms with van der Waals surface area (Å²) >= 11 is 0. The average molecular weight is 306 g/mol. The lowest BCUT2D eigenvalue weighted by Gasteiger charge is -2.27. The maximum atomic E-state index is 10.9. The Labute approximate surface area is 134 Å². The van der Waals surface area contributed by atoms with Gasteiger partial charge in [0.1, 0.15) is 0 Å². The predicted molar refractivity (Wildman–Crippen MR) is 91.3 cm³/mol. The maximum Gasteiger partial charge on any atom is 0.335 e. The number of carbonyl (C=O) groups is 1. The fourth-order valence-corrected chi connectivity index (χ4v) is 2.58. The lowest BCUT2D eigenvalue weighted by Crippen LogP contribution is -2.36. The Kier molecular flexibility index (Phi) is 8.13. The Hall–Kier alpha value is -1.39. The van der Waals surface area contributed by atoms with Gasteiger partial charge >= 0.3 is 5.97 Å². The molecule has 0 amide bonds. The molecule has 0 heterocycles. The summed E-state index contributed by atoms with van der Waals surface area (Å²) in [4.78, 5) is 15.8. The number of hydrogen-bond acceptors (Lipinski definition) is 3. The second-order valence-corrected chi connectivity index (χ2v) is 6.16. The Morgan fingerprint density at radius 3 is 2.05 bits per heavy atom. The van der Waals surface area contributed by atoms with Crippen LogP contribution in [-0.4, -0.2) is 53.6 Å². The summed E-state index contributed by atoms with van der Waals surface area (Å²) in [6.45, 7) is 15.1. The van der Waals surface area contributed by atoms with Gasteiger partial charge in [-0.25, -0.2) is 4.79 Å². The maximum absolute atomic E-state index is 10.9. The first-order valence-corrected chi connectivity index (χ1v) is 8.23. The van der Waals surface area contributed by atoms with E-state index >= 15 is 0 Å². The van der Waals surface area contributed by atoms with Crippen LogP contribution in [0.2, 0.25) is 0 Å². The molecule has 0 aliphatic heterocycles. The van der Waals surface area contributed by atoms with Gasteiger partial charge in [-0.05, 0) is 36.7 Å². The standard InChI is InChI=1S/C18H30N2O2/c1-5-19(6-2)11-12-20(13-15(3)4)14-16-7-9-17(10-8-16)18(21)22/h7-10,15H,5-6,11-14H2,1-4H3,(H,21,22). The van der Waals surface area contributed by atoms with Crippen LogP contribution in [0.3, 0.4) is 0 Å². The van der Waals surface area contributed by atoms with E-state index < -0.39 is 5.97 Å². The third-order valence-electron chi connectivity index (χ3n) is 3.86. The number of hydrogen-bond donors (Lipinski definition) is 1. The van der Waals surface area contributed by atoms with Gasteiger partial charge in [0.15, 0.2) is 0 Å². The fourth-order valence-electron chi connectivity index (χ4n) is 2.58. The minimum atomic E-state index is -0.868. The van der Waals surface area contributed by atoms with Gasteiger partial charge < -0.3 is 10.0 Å². The number of nitrogens with zero attached hydrogens (tertiary/aromatic N) is 2. The van der Waals surface area contributed by atoms with Crippen LogP contribution < -0.4 is 0 Å². The number of benzene rings is 1. The summed E-state index contributed by atoms with van der Waals surface area (Å²) in [5.41, 5.74) is 1.52. The first kappa shape index (κ1) is 18.7. The van der Waals surface area contributed by atoms with Gasteiger partial charge in [-0.1, -0.05) is 39.8 Å². The zero-order chi connectivity index (χ0) is 16.5. The first-order chi connectivity index (χ1) is 10.5. The molecule has 22 heavy (non-hydrogen) atoms. The zero-order valence-corrected chi connectivity index (χ0v) is 14.4. The van der Waals surface area contributed by atoms with Crippen LogP contribution in [0.25, 0.3) is 0 Å². The molecule has 0 aliphatic rings. The number of likely N-dealkylation sites (N-methyl/N-ethyl adjacent to an activating group) is 1. The normalized spacial score (nSPS) is 11.6. The Bertz CT molecular complexity index is 439. The van der Waals surface area contributed by atoms with Gasteiger partial charge in [0.05, 0.1) is 5.56 Å². The summed E-state index contributed by atoms with van der Waals surface area (Å²) < 4.78 is 0. The van der Waals surface area contributed by atoms with Gasteiger partial charge in [0, 0.05) is 26.2 Å². The topological polar surface area (TPSA) is 43.8 Å². The summed E-state index contributed by atoms with van der Waals surface area (Å²) in [6.07, 6.45) is 0. The average Bonchev–Trinajstić information content (AvgIpc) is 2.48. The monoisotopic (exact) mass is 306 g/mol. The number of carboxylic acids is 1. The summed E-state index contributed by atoms with van der Waals surface area (Å²) in [5, 5.41) is 8.96. The van der Waals surface area contributed by atoms with Crippen molar-refractivity contribution in [2.75, 3.05) is 32.7 Å². The molecule has 0 radical (unpaired) electrons. The highest BCUT2D eigenvalue weighted by Crippen LogP contribution is 2.10. The third kappa shape index (κ3) is 6.58. The van der Waals surface area contributed by atoms with Crippen LogP contribution in [0.4, 0.5) is 0 Å². The van der Waals surface area contributed by atoms with Crippen molar-refractivity contribution in [3.8, 4) is 0 Å². The molecule has 0 bridgehead atoms. The van der Waals surface area contributed by atoms with Crippen LogP contribution in [-0.2, 0) is 6.54 Å². The van der Waals surface area contributed by atoms with Crippen molar-refractivity contribution < 1.29 is 9.90 Å². The van der Waals surface area contributed by atoms with Crippen molar-refractivity contribution in [3.63, 3.8) is 0 Å². The zero-order valence-electron chi connectivity index (χ0n) is 14.4. The van der Waals surface area contributed by atoms with E-state index in [1.54, 1.807) is 12.1 Å². The van der Waals surface area contributed by atoms with Crippen molar-refractivity contribution in [2.24, 2.45) is 5.92 Å². The Balaban J connectivity index is 2.65. The van der Waals surface area contributed by atoms with E-state index in [1.165, 1.54) is 5.56 Å². The third-order valence-corrected chi connectivity index (χ3v) is 3.86. The summed E-state index contributed by atoms with van der Waals surface area (Å²) in [6, 6.07) is 7.23. The van der Waals surface area contributed by atoms with Gasteiger partial charge in [0.25, 0.3) is 0 Å². The predicted octanol–water partition coefficient (Wildman–Crippen LogP) is 3.18. The molecular formula is C18H30N2O2. The molecule has 0 fully saturated rings. The molecule has 4 nitrogen and oxygen atoms in total. The number of carboxylic acid groups (broad SMARTS) is 1. The van der Waals surface area contributed by atoms with E-state index in [0.717, 1.165) is 39.3 Å². The lowest BCUT2D eigenvalue weighted by molar-refractivity contribution is 0.0697. The highest BCUT2D eigenvalue weighted by molar-refractivity contribution is 5.87. The van der Waals surface area contributed by atoms with E-state index in [9.17, 15) is 4.79 Å². The van der Waals surface area contributed by atoms with Crippen molar-refractivity contribution in [1.29, 1.82) is 0 Å². The molecular weight excluding hydrogens is 276 g/mol. The molecule has 0 aliphatic carbocycles. The molecule has 0 spiro atoms. The molecule has 0 saturated heterocycles. The van der Waals surface area contributed by atoms with Crippen molar-refractivity contribution in [1.82, 2.24) is 9.80 Å². The largest absolute Gasteiger partial charge is 0.478 e. The molecule has 0 atom stereocenters. The van der Waals surface area contributed by atoms with Crippen molar-refractivity contribution >= 4 is 5.97 Å². The minimum Gasteiger partial charge on any atom is -0.478 e. The molecule has 1 aromatic rings. The number of aromatic carboxylic acids is 1. The lowest BCUT2D eigenvalue weighted by atomic mass is 10.1. The van der Waals surface area contributed by atoms with E-state index in [4.69, 9.17) is 5.11 Å².